The Bertz CT molecular complexity index is 714. The van der Waals surface area contributed by atoms with Crippen LogP contribution in [-0.2, 0) is 19.4 Å². The van der Waals surface area contributed by atoms with E-state index < -0.39 is 0 Å². The Morgan fingerprint density at radius 3 is 2.19 bits per heavy atom. The summed E-state index contributed by atoms with van der Waals surface area (Å²) in [5.74, 6) is 0. The lowest BCUT2D eigenvalue weighted by molar-refractivity contribution is 0.199. The predicted molar refractivity (Wildman–Crippen MR) is 119 cm³/mol. The summed E-state index contributed by atoms with van der Waals surface area (Å²) in [7, 11) is 0. The summed E-state index contributed by atoms with van der Waals surface area (Å²) >= 11 is 5.63. The number of aryl methyl sites for hydroxylation is 2. The van der Waals surface area contributed by atoms with Gasteiger partial charge in [0.05, 0.1) is 0 Å². The molecular formula is C23H31N3S. The van der Waals surface area contributed by atoms with Crippen molar-refractivity contribution in [1.82, 2.24) is 10.2 Å². The smallest absolute Gasteiger partial charge is 0.171 e. The van der Waals surface area contributed by atoms with Crippen molar-refractivity contribution in [2.45, 2.75) is 52.1 Å². The standard InChI is InChI=1S/C23H31N3S/c1-3-19-11-8-12-20(4-2)22(19)25-23(27)24-21-13-15-26(16-14-21)17-18-9-6-5-7-10-18/h5-12,21H,3-4,13-17H2,1-2H3,(H2,24,25,27). The van der Waals surface area contributed by atoms with E-state index in [9.17, 15) is 0 Å². The second kappa shape index (κ2) is 9.86. The molecule has 3 nitrogen and oxygen atoms in total. The average molecular weight is 382 g/mol. The largest absolute Gasteiger partial charge is 0.360 e. The summed E-state index contributed by atoms with van der Waals surface area (Å²) < 4.78 is 0. The minimum Gasteiger partial charge on any atom is -0.360 e. The van der Waals surface area contributed by atoms with Crippen LogP contribution in [-0.4, -0.2) is 29.1 Å². The Morgan fingerprint density at radius 1 is 0.963 bits per heavy atom. The maximum atomic E-state index is 5.63. The second-order valence-electron chi connectivity index (χ2n) is 7.29. The molecule has 1 saturated heterocycles. The number of likely N-dealkylation sites (tertiary alicyclic amines) is 1. The van der Waals surface area contributed by atoms with Gasteiger partial charge in [-0.3, -0.25) is 4.90 Å². The van der Waals surface area contributed by atoms with E-state index in [0.717, 1.165) is 50.4 Å². The molecule has 2 aromatic rings. The topological polar surface area (TPSA) is 27.3 Å². The molecular weight excluding hydrogens is 350 g/mol. The monoisotopic (exact) mass is 381 g/mol. The summed E-state index contributed by atoms with van der Waals surface area (Å²) in [5, 5.41) is 7.79. The van der Waals surface area contributed by atoms with Gasteiger partial charge in [0.2, 0.25) is 0 Å². The van der Waals surface area contributed by atoms with E-state index in [-0.39, 0.29) is 0 Å². The van der Waals surface area contributed by atoms with Crippen LogP contribution in [0.25, 0.3) is 0 Å². The highest BCUT2D eigenvalue weighted by molar-refractivity contribution is 7.80. The molecule has 0 amide bonds. The van der Waals surface area contributed by atoms with Crippen molar-refractivity contribution in [2.75, 3.05) is 18.4 Å². The number of thiocarbonyl (C=S) groups is 1. The maximum Gasteiger partial charge on any atom is 0.171 e. The number of hydrogen-bond acceptors (Lipinski definition) is 2. The Balaban J connectivity index is 1.50. The molecule has 0 aliphatic carbocycles. The first-order valence-electron chi connectivity index (χ1n) is 10.1. The van der Waals surface area contributed by atoms with Crippen LogP contribution < -0.4 is 10.6 Å². The normalized spacial score (nSPS) is 15.5. The fourth-order valence-electron chi connectivity index (χ4n) is 3.82. The third kappa shape index (κ3) is 5.53. The Labute approximate surface area is 169 Å². The summed E-state index contributed by atoms with van der Waals surface area (Å²) in [6, 6.07) is 17.7. The van der Waals surface area contributed by atoms with Crippen LogP contribution in [0.3, 0.4) is 0 Å². The van der Waals surface area contributed by atoms with Crippen LogP contribution in [0.2, 0.25) is 0 Å². The van der Waals surface area contributed by atoms with E-state index in [1.807, 2.05) is 0 Å². The summed E-state index contributed by atoms with van der Waals surface area (Å²) in [6.07, 6.45) is 4.28. The van der Waals surface area contributed by atoms with E-state index >= 15 is 0 Å². The molecule has 2 N–H and O–H groups in total. The van der Waals surface area contributed by atoms with Crippen LogP contribution in [0.1, 0.15) is 43.4 Å². The van der Waals surface area contributed by atoms with Crippen molar-refractivity contribution in [3.63, 3.8) is 0 Å². The quantitative estimate of drug-likeness (QED) is 0.705. The number of para-hydroxylation sites is 1. The van der Waals surface area contributed by atoms with E-state index in [1.54, 1.807) is 0 Å². The third-order valence-corrected chi connectivity index (χ3v) is 5.63. The number of nitrogens with zero attached hydrogens (tertiary/aromatic N) is 1. The molecule has 4 heteroatoms. The van der Waals surface area contributed by atoms with Gasteiger partial charge in [0.15, 0.2) is 5.11 Å². The fraction of sp³-hybridized carbons (Fsp3) is 0.435. The van der Waals surface area contributed by atoms with Crippen molar-refractivity contribution >= 4 is 23.0 Å². The Hall–Kier alpha value is -1.91. The molecule has 0 aromatic heterocycles. The van der Waals surface area contributed by atoms with Gasteiger partial charge in [0.1, 0.15) is 0 Å². The highest BCUT2D eigenvalue weighted by Gasteiger charge is 2.20. The Morgan fingerprint density at radius 2 is 1.59 bits per heavy atom. The lowest BCUT2D eigenvalue weighted by Gasteiger charge is -2.33. The molecule has 0 bridgehead atoms. The van der Waals surface area contributed by atoms with Crippen LogP contribution in [0.15, 0.2) is 48.5 Å². The van der Waals surface area contributed by atoms with Crippen molar-refractivity contribution < 1.29 is 0 Å². The molecule has 2 aromatic carbocycles. The first kappa shape index (κ1) is 19.8. The predicted octanol–water partition coefficient (Wildman–Crippen LogP) is 4.76. The maximum absolute atomic E-state index is 5.63. The zero-order valence-corrected chi connectivity index (χ0v) is 17.3. The molecule has 144 valence electrons. The number of anilines is 1. The van der Waals surface area contributed by atoms with Crippen LogP contribution >= 0.6 is 12.2 Å². The molecule has 1 fully saturated rings. The SMILES string of the molecule is CCc1cccc(CC)c1NC(=S)NC1CCN(Cc2ccccc2)CC1. The summed E-state index contributed by atoms with van der Waals surface area (Å²) in [5.41, 5.74) is 5.25. The molecule has 3 rings (SSSR count). The third-order valence-electron chi connectivity index (χ3n) is 5.41. The van der Waals surface area contributed by atoms with Crippen LogP contribution in [0, 0.1) is 0 Å². The molecule has 1 heterocycles. The second-order valence-corrected chi connectivity index (χ2v) is 7.70. The minimum atomic E-state index is 0.455. The zero-order valence-electron chi connectivity index (χ0n) is 16.5. The van der Waals surface area contributed by atoms with Gasteiger partial charge < -0.3 is 10.6 Å². The Kier molecular flexibility index (Phi) is 7.25. The summed E-state index contributed by atoms with van der Waals surface area (Å²) in [6.45, 7) is 7.65. The molecule has 27 heavy (non-hydrogen) atoms. The van der Waals surface area contributed by atoms with E-state index in [2.05, 4.69) is 77.9 Å². The molecule has 1 aliphatic rings. The molecule has 0 atom stereocenters. The first-order chi connectivity index (χ1) is 13.2. The number of benzene rings is 2. The number of piperidine rings is 1. The molecule has 0 saturated carbocycles. The van der Waals surface area contributed by atoms with Crippen molar-refractivity contribution in [3.05, 3.63) is 65.2 Å². The lowest BCUT2D eigenvalue weighted by atomic mass is 10.0. The molecule has 0 unspecified atom stereocenters. The minimum absolute atomic E-state index is 0.455. The van der Waals surface area contributed by atoms with Crippen molar-refractivity contribution in [1.29, 1.82) is 0 Å². The van der Waals surface area contributed by atoms with E-state index in [1.165, 1.54) is 22.4 Å². The van der Waals surface area contributed by atoms with Crippen LogP contribution in [0.5, 0.6) is 0 Å². The van der Waals surface area contributed by atoms with Crippen LogP contribution in [0.4, 0.5) is 5.69 Å². The van der Waals surface area contributed by atoms with E-state index in [0.29, 0.717) is 6.04 Å². The number of hydrogen-bond donors (Lipinski definition) is 2. The zero-order chi connectivity index (χ0) is 19.1. The van der Waals surface area contributed by atoms with Gasteiger partial charge in [-0.15, -0.1) is 0 Å². The first-order valence-corrected chi connectivity index (χ1v) is 10.5. The van der Waals surface area contributed by atoms with Crippen molar-refractivity contribution in [2.24, 2.45) is 0 Å². The van der Waals surface area contributed by atoms with Gasteiger partial charge in [0.25, 0.3) is 0 Å². The van der Waals surface area contributed by atoms with Gasteiger partial charge in [-0.2, -0.15) is 0 Å². The number of rotatable bonds is 6. The lowest BCUT2D eigenvalue weighted by Crippen LogP contribution is -2.45. The van der Waals surface area contributed by atoms with E-state index in [4.69, 9.17) is 12.2 Å². The van der Waals surface area contributed by atoms with Gasteiger partial charge in [-0.25, -0.2) is 0 Å². The van der Waals surface area contributed by atoms with Gasteiger partial charge >= 0.3 is 0 Å². The summed E-state index contributed by atoms with van der Waals surface area (Å²) in [4.78, 5) is 2.53. The van der Waals surface area contributed by atoms with Gasteiger partial charge in [-0.1, -0.05) is 62.4 Å². The molecule has 0 spiro atoms. The highest BCUT2D eigenvalue weighted by atomic mass is 32.1. The fourth-order valence-corrected chi connectivity index (χ4v) is 4.08. The number of nitrogens with one attached hydrogen (secondary N) is 2. The van der Waals surface area contributed by atoms with Crippen molar-refractivity contribution in [3.8, 4) is 0 Å². The highest BCUT2D eigenvalue weighted by Crippen LogP contribution is 2.23. The average Bonchev–Trinajstić information content (AvgIpc) is 2.70. The van der Waals surface area contributed by atoms with Gasteiger partial charge in [-0.05, 0) is 54.6 Å². The molecule has 0 radical (unpaired) electrons. The molecule has 1 aliphatic heterocycles. The van der Waals surface area contributed by atoms with Gasteiger partial charge in [0, 0.05) is 31.4 Å².